The number of amides is 1. The highest BCUT2D eigenvalue weighted by atomic mass is 35.5. The molecule has 1 amide bonds. The molecule has 1 N–H and O–H groups in total. The van der Waals surface area contributed by atoms with E-state index in [1.165, 1.54) is 0 Å². The maximum atomic E-state index is 12.5. The lowest BCUT2D eigenvalue weighted by Crippen LogP contribution is -2.39. The molecule has 0 radical (unpaired) electrons. The molecule has 0 saturated carbocycles. The van der Waals surface area contributed by atoms with E-state index in [2.05, 4.69) is 10.4 Å². The van der Waals surface area contributed by atoms with Gasteiger partial charge < -0.3 is 10.1 Å². The number of halogens is 1. The molecule has 2 aromatic rings. The highest BCUT2D eigenvalue weighted by Gasteiger charge is 2.22. The Morgan fingerprint density at radius 3 is 2.61 bits per heavy atom. The molecule has 0 saturated heterocycles. The minimum Gasteiger partial charge on any atom is -0.491 e. The number of benzene rings is 1. The standard InChI is InChI=1S/C17H22ClN3O2/c1-4-13(11-23-14-9-7-6-8-10-14)19-17(22)15-12(3)20-21(5-2)16(15)18/h6-10,13H,4-5,11H2,1-3H3,(H,19,22). The van der Waals surface area contributed by atoms with Crippen molar-refractivity contribution in [2.75, 3.05) is 6.61 Å². The summed E-state index contributed by atoms with van der Waals surface area (Å²) < 4.78 is 7.33. The molecule has 0 aliphatic heterocycles. The summed E-state index contributed by atoms with van der Waals surface area (Å²) in [7, 11) is 0. The highest BCUT2D eigenvalue weighted by Crippen LogP contribution is 2.20. The van der Waals surface area contributed by atoms with Gasteiger partial charge in [-0.15, -0.1) is 0 Å². The first-order valence-corrected chi connectivity index (χ1v) is 8.16. The number of ether oxygens (including phenoxy) is 1. The van der Waals surface area contributed by atoms with Gasteiger partial charge in [0.2, 0.25) is 0 Å². The quantitative estimate of drug-likeness (QED) is 0.843. The second kappa shape index (κ2) is 8.02. The van der Waals surface area contributed by atoms with Gasteiger partial charge in [-0.05, 0) is 32.4 Å². The van der Waals surface area contributed by atoms with E-state index in [1.807, 2.05) is 44.2 Å². The smallest absolute Gasteiger partial charge is 0.256 e. The van der Waals surface area contributed by atoms with E-state index in [9.17, 15) is 4.79 Å². The first-order valence-electron chi connectivity index (χ1n) is 7.78. The van der Waals surface area contributed by atoms with Crippen molar-refractivity contribution < 1.29 is 9.53 Å². The number of hydrogen-bond acceptors (Lipinski definition) is 3. The van der Waals surface area contributed by atoms with E-state index < -0.39 is 0 Å². The number of hydrogen-bond donors (Lipinski definition) is 1. The third-order valence-electron chi connectivity index (χ3n) is 3.61. The van der Waals surface area contributed by atoms with Crippen molar-refractivity contribution in [2.45, 2.75) is 39.8 Å². The molecule has 1 aromatic heterocycles. The van der Waals surface area contributed by atoms with Crippen LogP contribution in [-0.2, 0) is 6.54 Å². The van der Waals surface area contributed by atoms with Gasteiger partial charge in [0.15, 0.2) is 0 Å². The normalized spacial score (nSPS) is 12.0. The monoisotopic (exact) mass is 335 g/mol. The highest BCUT2D eigenvalue weighted by molar-refractivity contribution is 6.33. The second-order valence-corrected chi connectivity index (χ2v) is 5.63. The summed E-state index contributed by atoms with van der Waals surface area (Å²) >= 11 is 6.23. The summed E-state index contributed by atoms with van der Waals surface area (Å²) in [6, 6.07) is 9.45. The maximum absolute atomic E-state index is 12.5. The molecule has 6 heteroatoms. The molecule has 0 aliphatic rings. The van der Waals surface area contributed by atoms with E-state index in [0.29, 0.717) is 29.6 Å². The molecular weight excluding hydrogens is 314 g/mol. The fourth-order valence-corrected chi connectivity index (χ4v) is 2.63. The lowest BCUT2D eigenvalue weighted by atomic mass is 10.2. The van der Waals surface area contributed by atoms with Gasteiger partial charge in [0, 0.05) is 6.54 Å². The van der Waals surface area contributed by atoms with E-state index in [-0.39, 0.29) is 11.9 Å². The third kappa shape index (κ3) is 4.26. The van der Waals surface area contributed by atoms with Gasteiger partial charge in [0.25, 0.3) is 5.91 Å². The van der Waals surface area contributed by atoms with Crippen molar-refractivity contribution >= 4 is 17.5 Å². The maximum Gasteiger partial charge on any atom is 0.256 e. The Kier molecular flexibility index (Phi) is 6.04. The molecule has 124 valence electrons. The van der Waals surface area contributed by atoms with Gasteiger partial charge in [-0.1, -0.05) is 36.7 Å². The molecule has 5 nitrogen and oxygen atoms in total. The molecule has 1 aromatic carbocycles. The van der Waals surface area contributed by atoms with Gasteiger partial charge in [0.05, 0.1) is 17.3 Å². The Hall–Kier alpha value is -2.01. The Morgan fingerprint density at radius 1 is 1.35 bits per heavy atom. The molecule has 1 atom stereocenters. The van der Waals surface area contributed by atoms with Crippen LogP contribution < -0.4 is 10.1 Å². The first kappa shape index (κ1) is 17.3. The van der Waals surface area contributed by atoms with E-state index in [4.69, 9.17) is 16.3 Å². The number of nitrogens with one attached hydrogen (secondary N) is 1. The van der Waals surface area contributed by atoms with Gasteiger partial charge in [-0.2, -0.15) is 5.10 Å². The van der Waals surface area contributed by atoms with Crippen molar-refractivity contribution in [1.82, 2.24) is 15.1 Å². The lowest BCUT2D eigenvalue weighted by Gasteiger charge is -2.17. The van der Waals surface area contributed by atoms with Crippen molar-refractivity contribution in [1.29, 1.82) is 0 Å². The molecule has 1 heterocycles. The fourth-order valence-electron chi connectivity index (χ4n) is 2.25. The molecule has 0 aliphatic carbocycles. The minimum atomic E-state index is -0.212. The van der Waals surface area contributed by atoms with Crippen molar-refractivity contribution in [3.63, 3.8) is 0 Å². The molecule has 0 spiro atoms. The zero-order valence-corrected chi connectivity index (χ0v) is 14.4. The third-order valence-corrected chi connectivity index (χ3v) is 4.00. The molecule has 23 heavy (non-hydrogen) atoms. The van der Waals surface area contributed by atoms with Gasteiger partial charge in [-0.3, -0.25) is 9.48 Å². The summed E-state index contributed by atoms with van der Waals surface area (Å²) in [6.45, 7) is 6.76. The predicted molar refractivity (Wildman–Crippen MR) is 91.1 cm³/mol. The van der Waals surface area contributed by atoms with E-state index in [1.54, 1.807) is 11.6 Å². The van der Waals surface area contributed by atoms with Crippen LogP contribution in [0, 0.1) is 6.92 Å². The molecule has 0 bridgehead atoms. The number of para-hydroxylation sites is 1. The Morgan fingerprint density at radius 2 is 2.04 bits per heavy atom. The van der Waals surface area contributed by atoms with Crippen LogP contribution in [0.5, 0.6) is 5.75 Å². The van der Waals surface area contributed by atoms with E-state index in [0.717, 1.165) is 12.2 Å². The number of carbonyl (C=O) groups excluding carboxylic acids is 1. The van der Waals surface area contributed by atoms with Crippen LogP contribution in [-0.4, -0.2) is 28.3 Å². The van der Waals surface area contributed by atoms with Crippen molar-refractivity contribution in [3.05, 3.63) is 46.7 Å². The number of aryl methyl sites for hydroxylation is 2. The summed E-state index contributed by atoms with van der Waals surface area (Å²) in [5.74, 6) is 0.573. The summed E-state index contributed by atoms with van der Waals surface area (Å²) in [4.78, 5) is 12.5. The van der Waals surface area contributed by atoms with Gasteiger partial charge in [-0.25, -0.2) is 0 Å². The zero-order valence-electron chi connectivity index (χ0n) is 13.7. The average Bonchev–Trinajstić information content (AvgIpc) is 2.86. The van der Waals surface area contributed by atoms with Crippen LogP contribution in [0.25, 0.3) is 0 Å². The van der Waals surface area contributed by atoms with Crippen LogP contribution in [0.4, 0.5) is 0 Å². The first-order chi connectivity index (χ1) is 11.1. The number of rotatable bonds is 7. The van der Waals surface area contributed by atoms with Crippen LogP contribution in [0.1, 0.15) is 36.3 Å². The Balaban J connectivity index is 2.01. The predicted octanol–water partition coefficient (Wildman–Crippen LogP) is 3.45. The largest absolute Gasteiger partial charge is 0.491 e. The summed E-state index contributed by atoms with van der Waals surface area (Å²) in [6.07, 6.45) is 0.761. The summed E-state index contributed by atoms with van der Waals surface area (Å²) in [5, 5.41) is 7.62. The van der Waals surface area contributed by atoms with Crippen LogP contribution >= 0.6 is 11.6 Å². The number of aromatic nitrogens is 2. The van der Waals surface area contributed by atoms with Crippen LogP contribution in [0.2, 0.25) is 5.15 Å². The molecule has 2 rings (SSSR count). The minimum absolute atomic E-state index is 0.0943. The zero-order chi connectivity index (χ0) is 16.8. The van der Waals surface area contributed by atoms with Gasteiger partial charge in [0.1, 0.15) is 17.5 Å². The van der Waals surface area contributed by atoms with Crippen LogP contribution in [0.15, 0.2) is 30.3 Å². The Labute approximate surface area is 141 Å². The number of carbonyl (C=O) groups is 1. The topological polar surface area (TPSA) is 56.1 Å². The van der Waals surface area contributed by atoms with E-state index >= 15 is 0 Å². The second-order valence-electron chi connectivity index (χ2n) is 5.27. The average molecular weight is 336 g/mol. The molecule has 1 unspecified atom stereocenters. The molecule has 0 fully saturated rings. The van der Waals surface area contributed by atoms with Gasteiger partial charge >= 0.3 is 0 Å². The van der Waals surface area contributed by atoms with Crippen molar-refractivity contribution in [3.8, 4) is 5.75 Å². The number of nitrogens with zero attached hydrogens (tertiary/aromatic N) is 2. The SMILES string of the molecule is CCC(COc1ccccc1)NC(=O)c1c(C)nn(CC)c1Cl. The lowest BCUT2D eigenvalue weighted by molar-refractivity contribution is 0.0919. The van der Waals surface area contributed by atoms with Crippen molar-refractivity contribution in [2.24, 2.45) is 0 Å². The Bertz CT molecular complexity index is 655. The van der Waals surface area contributed by atoms with Crippen LogP contribution in [0.3, 0.4) is 0 Å². The molecular formula is C17H22ClN3O2. The summed E-state index contributed by atoms with van der Waals surface area (Å²) in [5.41, 5.74) is 1.07. The fraction of sp³-hybridized carbons (Fsp3) is 0.412.